The van der Waals surface area contributed by atoms with E-state index in [-0.39, 0.29) is 5.91 Å². The summed E-state index contributed by atoms with van der Waals surface area (Å²) >= 11 is 12.5. The van der Waals surface area contributed by atoms with Crippen molar-refractivity contribution in [3.63, 3.8) is 0 Å². The minimum absolute atomic E-state index is 0.0853. The summed E-state index contributed by atoms with van der Waals surface area (Å²) in [6, 6.07) is 10.8. The van der Waals surface area contributed by atoms with Crippen LogP contribution in [0.5, 0.6) is 11.5 Å². The SMILES string of the molecule is COc1ccc(CNC(=O)C2(c3ccc(Cl)cc3Cl)CCOCC2)c(OC)c1. The third kappa shape index (κ3) is 4.22. The van der Waals surface area contributed by atoms with Gasteiger partial charge in [-0.15, -0.1) is 0 Å². The Kier molecular flexibility index (Phi) is 6.70. The summed E-state index contributed by atoms with van der Waals surface area (Å²) in [6.07, 6.45) is 1.11. The lowest BCUT2D eigenvalue weighted by Gasteiger charge is -2.37. The van der Waals surface area contributed by atoms with Crippen molar-refractivity contribution in [3.05, 3.63) is 57.6 Å². The van der Waals surface area contributed by atoms with Crippen LogP contribution in [0.1, 0.15) is 24.0 Å². The summed E-state index contributed by atoms with van der Waals surface area (Å²) in [5, 5.41) is 4.09. The molecule has 1 aliphatic rings. The predicted octanol–water partition coefficient (Wildman–Crippen LogP) is 4.38. The Morgan fingerprint density at radius 3 is 2.50 bits per heavy atom. The molecule has 0 saturated carbocycles. The van der Waals surface area contributed by atoms with Crippen LogP contribution in [0.25, 0.3) is 0 Å². The van der Waals surface area contributed by atoms with E-state index in [1.807, 2.05) is 18.2 Å². The molecule has 1 N–H and O–H groups in total. The van der Waals surface area contributed by atoms with E-state index in [0.29, 0.717) is 54.1 Å². The third-order valence-corrected chi connectivity index (χ3v) is 5.71. The van der Waals surface area contributed by atoms with E-state index >= 15 is 0 Å². The second kappa shape index (κ2) is 9.03. The first-order valence-corrected chi connectivity index (χ1v) is 9.78. The summed E-state index contributed by atoms with van der Waals surface area (Å²) in [4.78, 5) is 13.3. The molecule has 1 fully saturated rings. The number of methoxy groups -OCH3 is 2. The van der Waals surface area contributed by atoms with Crippen molar-refractivity contribution in [2.75, 3.05) is 27.4 Å². The maximum Gasteiger partial charge on any atom is 0.231 e. The average Bonchev–Trinajstić information content (AvgIpc) is 2.72. The van der Waals surface area contributed by atoms with Crippen LogP contribution in [0, 0.1) is 0 Å². The normalized spacial score (nSPS) is 15.7. The molecule has 0 aliphatic carbocycles. The molecule has 2 aromatic carbocycles. The first kappa shape index (κ1) is 20.8. The predicted molar refractivity (Wildman–Crippen MR) is 110 cm³/mol. The summed E-state index contributed by atoms with van der Waals surface area (Å²) in [5.74, 6) is 1.27. The van der Waals surface area contributed by atoms with Gasteiger partial charge in [-0.25, -0.2) is 0 Å². The Labute approximate surface area is 174 Å². The van der Waals surface area contributed by atoms with Crippen molar-refractivity contribution in [1.82, 2.24) is 5.32 Å². The summed E-state index contributed by atoms with van der Waals surface area (Å²) in [5.41, 5.74) is 0.890. The van der Waals surface area contributed by atoms with Crippen LogP contribution >= 0.6 is 23.2 Å². The third-order valence-electron chi connectivity index (χ3n) is 5.16. The molecule has 0 atom stereocenters. The van der Waals surface area contributed by atoms with Crippen molar-refractivity contribution in [2.45, 2.75) is 24.8 Å². The lowest BCUT2D eigenvalue weighted by atomic mass is 9.73. The molecule has 7 heteroatoms. The molecular weight excluding hydrogens is 401 g/mol. The molecule has 3 rings (SSSR count). The fourth-order valence-corrected chi connectivity index (χ4v) is 4.15. The van der Waals surface area contributed by atoms with Gasteiger partial charge in [0.05, 0.1) is 19.6 Å². The van der Waals surface area contributed by atoms with Gasteiger partial charge < -0.3 is 19.5 Å². The van der Waals surface area contributed by atoms with Crippen LogP contribution in [0.2, 0.25) is 10.0 Å². The summed E-state index contributed by atoms with van der Waals surface area (Å²) < 4.78 is 16.1. The van der Waals surface area contributed by atoms with Crippen LogP contribution < -0.4 is 14.8 Å². The molecule has 1 heterocycles. The van der Waals surface area contributed by atoms with Crippen molar-refractivity contribution >= 4 is 29.1 Å². The molecule has 0 spiro atoms. The molecule has 1 aliphatic heterocycles. The molecule has 150 valence electrons. The van der Waals surface area contributed by atoms with E-state index in [4.69, 9.17) is 37.4 Å². The molecule has 2 aromatic rings. The number of amides is 1. The van der Waals surface area contributed by atoms with Crippen molar-refractivity contribution in [1.29, 1.82) is 0 Å². The smallest absolute Gasteiger partial charge is 0.231 e. The Hall–Kier alpha value is -1.95. The highest BCUT2D eigenvalue weighted by Gasteiger charge is 2.43. The zero-order valence-corrected chi connectivity index (χ0v) is 17.4. The van der Waals surface area contributed by atoms with E-state index in [2.05, 4.69) is 5.32 Å². The monoisotopic (exact) mass is 423 g/mol. The lowest BCUT2D eigenvalue weighted by Crippen LogP contribution is -2.48. The quantitative estimate of drug-likeness (QED) is 0.748. The number of nitrogens with one attached hydrogen (secondary N) is 1. The van der Waals surface area contributed by atoms with E-state index in [9.17, 15) is 4.79 Å². The van der Waals surface area contributed by atoms with Gasteiger partial charge in [-0.3, -0.25) is 4.79 Å². The first-order valence-electron chi connectivity index (χ1n) is 9.02. The second-order valence-corrected chi connectivity index (χ2v) is 7.52. The number of halogens is 2. The number of carbonyl (C=O) groups is 1. The Morgan fingerprint density at radius 2 is 1.86 bits per heavy atom. The molecule has 1 saturated heterocycles. The van der Waals surface area contributed by atoms with E-state index in [1.165, 1.54) is 0 Å². The van der Waals surface area contributed by atoms with Crippen LogP contribution in [0.3, 0.4) is 0 Å². The minimum Gasteiger partial charge on any atom is -0.497 e. The lowest BCUT2D eigenvalue weighted by molar-refractivity contribution is -0.130. The van der Waals surface area contributed by atoms with Gasteiger partial charge in [-0.2, -0.15) is 0 Å². The zero-order chi connectivity index (χ0) is 20.1. The largest absolute Gasteiger partial charge is 0.497 e. The van der Waals surface area contributed by atoms with Crippen molar-refractivity contribution < 1.29 is 19.0 Å². The Balaban J connectivity index is 1.85. The maximum atomic E-state index is 13.3. The average molecular weight is 424 g/mol. The van der Waals surface area contributed by atoms with Gasteiger partial charge in [0.15, 0.2) is 0 Å². The topological polar surface area (TPSA) is 56.8 Å². The van der Waals surface area contributed by atoms with E-state index in [1.54, 1.807) is 32.4 Å². The highest BCUT2D eigenvalue weighted by atomic mass is 35.5. The first-order chi connectivity index (χ1) is 13.5. The standard InChI is InChI=1S/C21H23Cl2NO4/c1-26-16-5-3-14(19(12-16)27-2)13-24-20(25)21(7-9-28-10-8-21)17-6-4-15(22)11-18(17)23/h3-6,11-12H,7-10,13H2,1-2H3,(H,24,25). The molecule has 1 amide bonds. The number of rotatable bonds is 6. The minimum atomic E-state index is -0.750. The van der Waals surface area contributed by atoms with Crippen LogP contribution in [0.4, 0.5) is 0 Å². The number of hydrogen-bond donors (Lipinski definition) is 1. The molecule has 5 nitrogen and oxygen atoms in total. The fraction of sp³-hybridized carbons (Fsp3) is 0.381. The van der Waals surface area contributed by atoms with Crippen molar-refractivity contribution in [2.24, 2.45) is 0 Å². The molecule has 0 aromatic heterocycles. The maximum absolute atomic E-state index is 13.3. The number of ether oxygens (including phenoxy) is 3. The van der Waals surface area contributed by atoms with Gasteiger partial charge in [-0.1, -0.05) is 29.3 Å². The highest BCUT2D eigenvalue weighted by Crippen LogP contribution is 2.40. The molecule has 0 unspecified atom stereocenters. The summed E-state index contributed by atoms with van der Waals surface area (Å²) in [7, 11) is 3.19. The fourth-order valence-electron chi connectivity index (χ4n) is 3.56. The molecular formula is C21H23Cl2NO4. The van der Waals surface area contributed by atoms with Gasteiger partial charge in [0.25, 0.3) is 0 Å². The van der Waals surface area contributed by atoms with Crippen LogP contribution in [-0.2, 0) is 21.5 Å². The van der Waals surface area contributed by atoms with Gasteiger partial charge >= 0.3 is 0 Å². The van der Waals surface area contributed by atoms with Crippen LogP contribution in [0.15, 0.2) is 36.4 Å². The zero-order valence-electron chi connectivity index (χ0n) is 15.9. The van der Waals surface area contributed by atoms with Crippen molar-refractivity contribution in [3.8, 4) is 11.5 Å². The highest BCUT2D eigenvalue weighted by molar-refractivity contribution is 6.35. The number of benzene rings is 2. The van der Waals surface area contributed by atoms with Gasteiger partial charge in [0, 0.05) is 41.4 Å². The van der Waals surface area contributed by atoms with Gasteiger partial charge in [-0.05, 0) is 42.7 Å². The molecule has 0 radical (unpaired) electrons. The Bertz CT molecular complexity index is 850. The van der Waals surface area contributed by atoms with Crippen LogP contribution in [-0.4, -0.2) is 33.3 Å². The van der Waals surface area contributed by atoms with Gasteiger partial charge in [0.1, 0.15) is 11.5 Å². The Morgan fingerprint density at radius 1 is 1.11 bits per heavy atom. The molecule has 0 bridgehead atoms. The van der Waals surface area contributed by atoms with E-state index < -0.39 is 5.41 Å². The van der Waals surface area contributed by atoms with E-state index in [0.717, 1.165) is 11.1 Å². The second-order valence-electron chi connectivity index (χ2n) is 6.68. The van der Waals surface area contributed by atoms with Gasteiger partial charge in [0.2, 0.25) is 5.91 Å². The number of carbonyl (C=O) groups excluding carboxylic acids is 1. The number of hydrogen-bond acceptors (Lipinski definition) is 4. The summed E-state index contributed by atoms with van der Waals surface area (Å²) in [6.45, 7) is 1.33. The molecule has 28 heavy (non-hydrogen) atoms.